The number of hydrogen-bond donors (Lipinski definition) is 0. The summed E-state index contributed by atoms with van der Waals surface area (Å²) in [5, 5.41) is 0. The van der Waals surface area contributed by atoms with Crippen molar-refractivity contribution < 1.29 is 4.79 Å². The van der Waals surface area contributed by atoms with E-state index in [1.165, 1.54) is 0 Å². The second-order valence-corrected chi connectivity index (χ2v) is 8.14. The van der Waals surface area contributed by atoms with Crippen molar-refractivity contribution in [3.05, 3.63) is 72.6 Å². The first kappa shape index (κ1) is 19.5. The SMILES string of the molecule is CCSc1ccccc1C(=O)N1CCN(c2cc(-c3ccccc3)ncn2)CC1. The molecule has 1 amide bonds. The van der Waals surface area contributed by atoms with E-state index in [2.05, 4.69) is 33.9 Å². The molecule has 1 aromatic heterocycles. The minimum Gasteiger partial charge on any atom is -0.353 e. The Kier molecular flexibility index (Phi) is 6.10. The van der Waals surface area contributed by atoms with Crippen LogP contribution >= 0.6 is 11.8 Å². The molecule has 148 valence electrons. The number of hydrogen-bond acceptors (Lipinski definition) is 5. The van der Waals surface area contributed by atoms with Crippen molar-refractivity contribution in [3.63, 3.8) is 0 Å². The maximum atomic E-state index is 13.0. The summed E-state index contributed by atoms with van der Waals surface area (Å²) < 4.78 is 0. The summed E-state index contributed by atoms with van der Waals surface area (Å²) in [6.07, 6.45) is 1.62. The molecule has 1 aliphatic rings. The number of piperazine rings is 1. The van der Waals surface area contributed by atoms with Crippen molar-refractivity contribution in [1.29, 1.82) is 0 Å². The van der Waals surface area contributed by atoms with Crippen LogP contribution in [0.4, 0.5) is 5.82 Å². The van der Waals surface area contributed by atoms with Gasteiger partial charge in [0.05, 0.1) is 11.3 Å². The topological polar surface area (TPSA) is 49.3 Å². The third-order valence-corrected chi connectivity index (χ3v) is 5.99. The average molecular weight is 405 g/mol. The lowest BCUT2D eigenvalue weighted by atomic mass is 10.1. The predicted molar refractivity (Wildman–Crippen MR) is 118 cm³/mol. The van der Waals surface area contributed by atoms with Crippen molar-refractivity contribution in [2.24, 2.45) is 0 Å². The van der Waals surface area contributed by atoms with Gasteiger partial charge in [-0.2, -0.15) is 0 Å². The Balaban J connectivity index is 1.44. The number of carbonyl (C=O) groups excluding carboxylic acids is 1. The molecule has 2 heterocycles. The first-order chi connectivity index (χ1) is 14.3. The Bertz CT molecular complexity index is 971. The van der Waals surface area contributed by atoms with Crippen LogP contribution in [0.5, 0.6) is 0 Å². The quantitative estimate of drug-likeness (QED) is 0.596. The molecule has 0 radical (unpaired) electrons. The third kappa shape index (κ3) is 4.43. The van der Waals surface area contributed by atoms with Crippen LogP contribution in [0.25, 0.3) is 11.3 Å². The number of benzene rings is 2. The van der Waals surface area contributed by atoms with Gasteiger partial charge >= 0.3 is 0 Å². The lowest BCUT2D eigenvalue weighted by molar-refractivity contribution is 0.0743. The summed E-state index contributed by atoms with van der Waals surface area (Å²) in [4.78, 5) is 27.2. The molecule has 0 unspecified atom stereocenters. The molecule has 2 aromatic carbocycles. The van der Waals surface area contributed by atoms with E-state index in [4.69, 9.17) is 0 Å². The summed E-state index contributed by atoms with van der Waals surface area (Å²) in [6, 6.07) is 20.0. The van der Waals surface area contributed by atoms with Crippen molar-refractivity contribution in [2.45, 2.75) is 11.8 Å². The number of carbonyl (C=O) groups is 1. The summed E-state index contributed by atoms with van der Waals surface area (Å²) in [5.74, 6) is 1.98. The molecule has 6 heteroatoms. The second-order valence-electron chi connectivity index (χ2n) is 6.84. The van der Waals surface area contributed by atoms with E-state index >= 15 is 0 Å². The third-order valence-electron chi connectivity index (χ3n) is 5.03. The second kappa shape index (κ2) is 9.09. The largest absolute Gasteiger partial charge is 0.353 e. The van der Waals surface area contributed by atoms with E-state index in [0.29, 0.717) is 13.1 Å². The molecule has 0 N–H and O–H groups in total. The summed E-state index contributed by atoms with van der Waals surface area (Å²) in [7, 11) is 0. The average Bonchev–Trinajstić information content (AvgIpc) is 2.80. The van der Waals surface area contributed by atoms with E-state index in [-0.39, 0.29) is 5.91 Å². The summed E-state index contributed by atoms with van der Waals surface area (Å²) >= 11 is 1.72. The van der Waals surface area contributed by atoms with Crippen LogP contribution in [0.2, 0.25) is 0 Å². The van der Waals surface area contributed by atoms with Crippen molar-refractivity contribution in [3.8, 4) is 11.3 Å². The van der Waals surface area contributed by atoms with E-state index in [1.807, 2.05) is 53.4 Å². The number of anilines is 1. The molecule has 0 aliphatic carbocycles. The number of amides is 1. The predicted octanol–water partition coefficient (Wildman–Crippen LogP) is 4.22. The van der Waals surface area contributed by atoms with Gasteiger partial charge in [0, 0.05) is 42.7 Å². The normalized spacial score (nSPS) is 14.1. The standard InChI is InChI=1S/C23H24N4OS/c1-2-29-21-11-7-6-10-19(21)23(28)27-14-12-26(13-15-27)22-16-20(24-17-25-22)18-8-4-3-5-9-18/h3-11,16-17H,2,12-15H2,1H3. The number of aromatic nitrogens is 2. The van der Waals surface area contributed by atoms with Gasteiger partial charge < -0.3 is 9.80 Å². The number of rotatable bonds is 5. The minimum atomic E-state index is 0.119. The van der Waals surface area contributed by atoms with Gasteiger partial charge in [-0.1, -0.05) is 49.4 Å². The highest BCUT2D eigenvalue weighted by atomic mass is 32.2. The van der Waals surface area contributed by atoms with Crippen molar-refractivity contribution in [2.75, 3.05) is 36.8 Å². The van der Waals surface area contributed by atoms with Gasteiger partial charge in [0.15, 0.2) is 0 Å². The first-order valence-electron chi connectivity index (χ1n) is 9.90. The Morgan fingerprint density at radius 2 is 1.69 bits per heavy atom. The number of nitrogens with zero attached hydrogens (tertiary/aromatic N) is 4. The molecular weight excluding hydrogens is 380 g/mol. The molecule has 1 fully saturated rings. The van der Waals surface area contributed by atoms with Crippen LogP contribution in [-0.4, -0.2) is 52.7 Å². The molecule has 1 aliphatic heterocycles. The lowest BCUT2D eigenvalue weighted by Crippen LogP contribution is -2.49. The Morgan fingerprint density at radius 3 is 2.45 bits per heavy atom. The fourth-order valence-corrected chi connectivity index (χ4v) is 4.32. The highest BCUT2D eigenvalue weighted by Gasteiger charge is 2.24. The van der Waals surface area contributed by atoms with Gasteiger partial charge in [-0.25, -0.2) is 9.97 Å². The maximum absolute atomic E-state index is 13.0. The van der Waals surface area contributed by atoms with Gasteiger partial charge in [0.1, 0.15) is 12.1 Å². The van der Waals surface area contributed by atoms with Crippen LogP contribution in [0, 0.1) is 0 Å². The lowest BCUT2D eigenvalue weighted by Gasteiger charge is -2.35. The maximum Gasteiger partial charge on any atom is 0.255 e. The number of thioether (sulfide) groups is 1. The fraction of sp³-hybridized carbons (Fsp3) is 0.261. The summed E-state index contributed by atoms with van der Waals surface area (Å²) in [6.45, 7) is 5.01. The van der Waals surface area contributed by atoms with Gasteiger partial charge in [-0.3, -0.25) is 4.79 Å². The molecule has 0 atom stereocenters. The molecule has 1 saturated heterocycles. The summed E-state index contributed by atoms with van der Waals surface area (Å²) in [5.41, 5.74) is 2.80. The molecule has 4 rings (SSSR count). The highest BCUT2D eigenvalue weighted by Crippen LogP contribution is 2.25. The van der Waals surface area contributed by atoms with Crippen LogP contribution in [-0.2, 0) is 0 Å². The minimum absolute atomic E-state index is 0.119. The van der Waals surface area contributed by atoms with Crippen LogP contribution < -0.4 is 4.90 Å². The highest BCUT2D eigenvalue weighted by molar-refractivity contribution is 7.99. The monoisotopic (exact) mass is 404 g/mol. The Labute approximate surface area is 175 Å². The van der Waals surface area contributed by atoms with E-state index in [0.717, 1.165) is 46.4 Å². The smallest absolute Gasteiger partial charge is 0.255 e. The van der Waals surface area contributed by atoms with Gasteiger partial charge in [0.25, 0.3) is 5.91 Å². The van der Waals surface area contributed by atoms with Crippen LogP contribution in [0.3, 0.4) is 0 Å². The zero-order chi connectivity index (χ0) is 20.1. The Hall–Kier alpha value is -2.86. The molecule has 5 nitrogen and oxygen atoms in total. The van der Waals surface area contributed by atoms with Gasteiger partial charge in [0.2, 0.25) is 0 Å². The zero-order valence-corrected chi connectivity index (χ0v) is 17.3. The van der Waals surface area contributed by atoms with E-state index in [1.54, 1.807) is 18.1 Å². The van der Waals surface area contributed by atoms with Crippen molar-refractivity contribution in [1.82, 2.24) is 14.9 Å². The fourth-order valence-electron chi connectivity index (χ4n) is 3.52. The molecule has 3 aromatic rings. The van der Waals surface area contributed by atoms with Crippen LogP contribution in [0.1, 0.15) is 17.3 Å². The van der Waals surface area contributed by atoms with Gasteiger partial charge in [-0.05, 0) is 17.9 Å². The van der Waals surface area contributed by atoms with E-state index in [9.17, 15) is 4.79 Å². The van der Waals surface area contributed by atoms with E-state index < -0.39 is 0 Å². The molecule has 0 saturated carbocycles. The molecule has 0 spiro atoms. The molecule has 29 heavy (non-hydrogen) atoms. The molecule has 0 bridgehead atoms. The molecular formula is C23H24N4OS. The van der Waals surface area contributed by atoms with Crippen molar-refractivity contribution >= 4 is 23.5 Å². The zero-order valence-electron chi connectivity index (χ0n) is 16.5. The first-order valence-corrected chi connectivity index (χ1v) is 10.9. The Morgan fingerprint density at radius 1 is 0.966 bits per heavy atom. The van der Waals surface area contributed by atoms with Gasteiger partial charge in [-0.15, -0.1) is 11.8 Å². The van der Waals surface area contributed by atoms with Crippen LogP contribution in [0.15, 0.2) is 71.9 Å².